The Morgan fingerprint density at radius 1 is 1.24 bits per heavy atom. The van der Waals surface area contributed by atoms with Gasteiger partial charge in [-0.15, -0.1) is 11.3 Å². The summed E-state index contributed by atoms with van der Waals surface area (Å²) in [6, 6.07) is 16.3. The number of carbonyl (C=O) groups is 1. The van der Waals surface area contributed by atoms with Gasteiger partial charge < -0.3 is 10.6 Å². The van der Waals surface area contributed by atoms with Gasteiger partial charge in [0.2, 0.25) is 5.91 Å². The van der Waals surface area contributed by atoms with E-state index in [9.17, 15) is 4.79 Å². The molecule has 2 heterocycles. The van der Waals surface area contributed by atoms with Crippen LogP contribution in [0.15, 0.2) is 58.9 Å². The topological polar surface area (TPSA) is 53.5 Å². The van der Waals surface area contributed by atoms with E-state index in [1.807, 2.05) is 48.7 Å². The average Bonchev–Trinajstić information content (AvgIpc) is 3.15. The molecule has 2 aromatic carbocycles. The number of thiophene rings is 1. The zero-order valence-corrected chi connectivity index (χ0v) is 15.3. The molecule has 1 aliphatic heterocycles. The molecule has 0 aliphatic carbocycles. The fourth-order valence-electron chi connectivity index (χ4n) is 2.87. The molecule has 0 spiro atoms. The highest BCUT2D eigenvalue weighted by Crippen LogP contribution is 2.36. The van der Waals surface area contributed by atoms with Crippen molar-refractivity contribution in [2.75, 3.05) is 11.1 Å². The Hall–Kier alpha value is -2.31. The van der Waals surface area contributed by atoms with Gasteiger partial charge in [0.1, 0.15) is 0 Å². The predicted octanol–water partition coefficient (Wildman–Crippen LogP) is 4.92. The normalized spacial score (nSPS) is 13.9. The first-order chi connectivity index (χ1) is 12.2. The van der Waals surface area contributed by atoms with Crippen LogP contribution in [0, 0.1) is 0 Å². The van der Waals surface area contributed by atoms with Gasteiger partial charge >= 0.3 is 0 Å². The Bertz CT molecular complexity index is 945. The van der Waals surface area contributed by atoms with Gasteiger partial charge in [-0.2, -0.15) is 0 Å². The van der Waals surface area contributed by atoms with E-state index in [-0.39, 0.29) is 11.9 Å². The summed E-state index contributed by atoms with van der Waals surface area (Å²) < 4.78 is 0. The lowest BCUT2D eigenvalue weighted by Crippen LogP contribution is -2.28. The highest BCUT2D eigenvalue weighted by atomic mass is 32.2. The van der Waals surface area contributed by atoms with Crippen molar-refractivity contribution in [1.82, 2.24) is 5.32 Å². The van der Waals surface area contributed by atoms with E-state index in [1.54, 1.807) is 11.3 Å². The van der Waals surface area contributed by atoms with Crippen molar-refractivity contribution in [2.45, 2.75) is 13.0 Å². The molecule has 0 fully saturated rings. The summed E-state index contributed by atoms with van der Waals surface area (Å²) in [6.45, 7) is 2.00. The molecule has 1 aromatic heterocycles. The number of hydrogen-bond acceptors (Lipinski definition) is 5. The van der Waals surface area contributed by atoms with Crippen LogP contribution < -0.4 is 10.6 Å². The van der Waals surface area contributed by atoms with Gasteiger partial charge in [0.05, 0.1) is 23.2 Å². The third-order valence-corrected chi connectivity index (χ3v) is 5.96. The minimum Gasteiger partial charge on any atom is -0.348 e. The largest absolute Gasteiger partial charge is 0.348 e. The molecule has 6 heteroatoms. The molecule has 0 radical (unpaired) electrons. The lowest BCUT2D eigenvalue weighted by atomic mass is 10.1. The van der Waals surface area contributed by atoms with Crippen LogP contribution in [0.5, 0.6) is 0 Å². The third kappa shape index (κ3) is 3.41. The summed E-state index contributed by atoms with van der Waals surface area (Å²) in [6.07, 6.45) is 0. The molecule has 0 bridgehead atoms. The molecular formula is C19H17N3OS2. The Morgan fingerprint density at radius 3 is 2.88 bits per heavy atom. The number of amides is 1. The van der Waals surface area contributed by atoms with Crippen molar-refractivity contribution in [1.29, 1.82) is 0 Å². The smallest absolute Gasteiger partial charge is 0.230 e. The highest BCUT2D eigenvalue weighted by Gasteiger charge is 2.16. The van der Waals surface area contributed by atoms with E-state index in [0.717, 1.165) is 32.2 Å². The second-order valence-corrected chi connectivity index (χ2v) is 7.76. The second-order valence-electron chi connectivity index (χ2n) is 5.82. The summed E-state index contributed by atoms with van der Waals surface area (Å²) in [5.41, 5.74) is 1.99. The van der Waals surface area contributed by atoms with Gasteiger partial charge in [0, 0.05) is 10.3 Å². The van der Waals surface area contributed by atoms with Crippen molar-refractivity contribution in [2.24, 2.45) is 4.99 Å². The molecule has 4 nitrogen and oxygen atoms in total. The Kier molecular flexibility index (Phi) is 4.46. The SMILES string of the molecule is CC(NC(=O)CSC1=Nc2cccc3cccc(c23)N1)c1cccs1. The molecule has 1 amide bonds. The number of hydrogen-bond donors (Lipinski definition) is 2. The predicted molar refractivity (Wildman–Crippen MR) is 108 cm³/mol. The van der Waals surface area contributed by atoms with E-state index in [2.05, 4.69) is 27.8 Å². The molecule has 1 atom stereocenters. The number of amidine groups is 1. The van der Waals surface area contributed by atoms with Crippen molar-refractivity contribution >= 4 is 56.3 Å². The maximum absolute atomic E-state index is 12.2. The standard InChI is InChI=1S/C19H17N3OS2/c1-12(16-9-4-10-24-16)20-17(23)11-25-19-21-14-7-2-5-13-6-3-8-15(22-19)18(13)14/h2-10,12H,11H2,1H3,(H,20,23)(H,21,22). The zero-order chi connectivity index (χ0) is 17.2. The summed E-state index contributed by atoms with van der Waals surface area (Å²) in [5.74, 6) is 0.340. The Labute approximate surface area is 154 Å². The van der Waals surface area contributed by atoms with Crippen LogP contribution in [0.4, 0.5) is 11.4 Å². The van der Waals surface area contributed by atoms with Crippen molar-refractivity contribution in [3.63, 3.8) is 0 Å². The summed E-state index contributed by atoms with van der Waals surface area (Å²) in [5, 5.41) is 11.4. The maximum Gasteiger partial charge on any atom is 0.230 e. The second kappa shape index (κ2) is 6.90. The van der Waals surface area contributed by atoms with Crippen molar-refractivity contribution < 1.29 is 4.79 Å². The first kappa shape index (κ1) is 16.2. The van der Waals surface area contributed by atoms with Crippen LogP contribution in [0.3, 0.4) is 0 Å². The van der Waals surface area contributed by atoms with Gasteiger partial charge in [0.25, 0.3) is 0 Å². The Balaban J connectivity index is 1.43. The third-order valence-electron chi connectivity index (χ3n) is 4.03. The number of benzene rings is 2. The van der Waals surface area contributed by atoms with Crippen LogP contribution in [0.1, 0.15) is 17.8 Å². The molecule has 0 saturated carbocycles. The van der Waals surface area contributed by atoms with Crippen molar-refractivity contribution in [3.05, 3.63) is 58.8 Å². The zero-order valence-electron chi connectivity index (χ0n) is 13.7. The first-order valence-corrected chi connectivity index (χ1v) is 9.90. The molecule has 1 aliphatic rings. The summed E-state index contributed by atoms with van der Waals surface area (Å²) in [7, 11) is 0. The minimum absolute atomic E-state index is 0.00691. The van der Waals surface area contributed by atoms with Gasteiger partial charge in [-0.3, -0.25) is 4.79 Å². The van der Waals surface area contributed by atoms with Crippen LogP contribution in [0.25, 0.3) is 10.8 Å². The minimum atomic E-state index is 0.00691. The van der Waals surface area contributed by atoms with Gasteiger partial charge in [-0.05, 0) is 35.9 Å². The molecule has 3 aromatic rings. The molecule has 0 saturated heterocycles. The average molecular weight is 367 g/mol. The lowest BCUT2D eigenvalue weighted by Gasteiger charge is -2.18. The number of aliphatic imine (C=N–C) groups is 1. The molecule has 126 valence electrons. The van der Waals surface area contributed by atoms with Crippen LogP contribution >= 0.6 is 23.1 Å². The molecule has 2 N–H and O–H groups in total. The number of rotatable bonds is 4. The Morgan fingerprint density at radius 2 is 2.08 bits per heavy atom. The summed E-state index contributed by atoms with van der Waals surface area (Å²) in [4.78, 5) is 18.0. The molecule has 25 heavy (non-hydrogen) atoms. The van der Waals surface area contributed by atoms with Crippen molar-refractivity contribution in [3.8, 4) is 0 Å². The molecule has 4 rings (SSSR count). The van der Waals surface area contributed by atoms with E-state index < -0.39 is 0 Å². The lowest BCUT2D eigenvalue weighted by molar-refractivity contribution is -0.119. The fraction of sp³-hybridized carbons (Fsp3) is 0.158. The van der Waals surface area contributed by atoms with E-state index in [1.165, 1.54) is 11.8 Å². The quantitative estimate of drug-likeness (QED) is 0.688. The van der Waals surface area contributed by atoms with Crippen LogP contribution in [-0.2, 0) is 4.79 Å². The molecule has 1 unspecified atom stereocenters. The first-order valence-electron chi connectivity index (χ1n) is 8.04. The number of nitrogens with one attached hydrogen (secondary N) is 2. The number of carbonyl (C=O) groups excluding carboxylic acids is 1. The number of thioether (sulfide) groups is 1. The highest BCUT2D eigenvalue weighted by molar-refractivity contribution is 8.14. The van der Waals surface area contributed by atoms with Crippen LogP contribution in [0.2, 0.25) is 0 Å². The monoisotopic (exact) mass is 367 g/mol. The number of anilines is 1. The molecular weight excluding hydrogens is 350 g/mol. The van der Waals surface area contributed by atoms with Gasteiger partial charge in [0.15, 0.2) is 5.17 Å². The van der Waals surface area contributed by atoms with Crippen LogP contribution in [-0.4, -0.2) is 16.8 Å². The summed E-state index contributed by atoms with van der Waals surface area (Å²) >= 11 is 3.07. The van der Waals surface area contributed by atoms with E-state index >= 15 is 0 Å². The van der Waals surface area contributed by atoms with E-state index in [0.29, 0.717) is 5.75 Å². The van der Waals surface area contributed by atoms with E-state index in [4.69, 9.17) is 0 Å². The maximum atomic E-state index is 12.2. The fourth-order valence-corrected chi connectivity index (χ4v) is 4.30. The number of nitrogens with zero attached hydrogens (tertiary/aromatic N) is 1. The van der Waals surface area contributed by atoms with Gasteiger partial charge in [-0.25, -0.2) is 4.99 Å². The van der Waals surface area contributed by atoms with Gasteiger partial charge in [-0.1, -0.05) is 42.1 Å².